The van der Waals surface area contributed by atoms with Crippen molar-refractivity contribution in [1.82, 2.24) is 0 Å². The Bertz CT molecular complexity index is 227. The summed E-state index contributed by atoms with van der Waals surface area (Å²) in [4.78, 5) is 20.4. The minimum absolute atomic E-state index is 0.947. The molecule has 0 rings (SSSR count). The van der Waals surface area contributed by atoms with Crippen molar-refractivity contribution in [2.45, 2.75) is 5.63 Å². The van der Waals surface area contributed by atoms with Gasteiger partial charge in [-0.15, -0.1) is 4.91 Å². The minimum Gasteiger partial charge on any atom is -0.506 e. The Morgan fingerprint density at radius 1 is 1.75 bits per heavy atom. The van der Waals surface area contributed by atoms with Gasteiger partial charge in [0, 0.05) is 0 Å². The van der Waals surface area contributed by atoms with Crippen LogP contribution in [0.2, 0.25) is 0 Å². The molecule has 0 saturated heterocycles. The van der Waals surface area contributed by atoms with Gasteiger partial charge < -0.3 is 9.84 Å². The number of hydrogen-bond acceptors (Lipinski definition) is 5. The summed E-state index contributed by atoms with van der Waals surface area (Å²) in [6, 6.07) is 0. The third-order valence-corrected chi connectivity index (χ3v) is 1.13. The van der Waals surface area contributed by atoms with E-state index in [-0.39, 0.29) is 0 Å². The van der Waals surface area contributed by atoms with Crippen LogP contribution in [0, 0.1) is 4.91 Å². The van der Waals surface area contributed by atoms with Crippen LogP contribution in [-0.2, 0) is 9.53 Å². The van der Waals surface area contributed by atoms with Crippen molar-refractivity contribution in [1.29, 1.82) is 0 Å². The molecule has 0 fully saturated rings. The van der Waals surface area contributed by atoms with Crippen molar-refractivity contribution in [3.05, 3.63) is 16.4 Å². The fourth-order valence-corrected chi connectivity index (χ4v) is 0.492. The Labute approximate surface area is 71.7 Å². The second kappa shape index (κ2) is 4.66. The zero-order valence-corrected chi connectivity index (χ0v) is 6.71. The molecule has 0 radical (unpaired) electrons. The monoisotopic (exact) mass is 197 g/mol. The molecule has 5 nitrogen and oxygen atoms in total. The number of rotatable bonds is 3. The van der Waals surface area contributed by atoms with E-state index in [4.69, 9.17) is 16.7 Å². The Balaban J connectivity index is 4.85. The lowest BCUT2D eigenvalue weighted by Gasteiger charge is -2.00. The number of carbonyl (C=O) groups is 1. The Kier molecular flexibility index (Phi) is 4.20. The van der Waals surface area contributed by atoms with Crippen molar-refractivity contribution >= 4 is 17.6 Å². The number of aliphatic hydroxyl groups is 1. The van der Waals surface area contributed by atoms with Gasteiger partial charge in [0.2, 0.25) is 11.3 Å². The number of aliphatic hydroxyl groups excluding tert-OH is 1. The van der Waals surface area contributed by atoms with Gasteiger partial charge in [-0.1, -0.05) is 11.6 Å². The van der Waals surface area contributed by atoms with Crippen molar-refractivity contribution in [3.63, 3.8) is 0 Å². The highest BCUT2D eigenvalue weighted by atomic mass is 35.5. The maximum atomic E-state index is 12.1. The molecule has 68 valence electrons. The minimum atomic E-state index is -2.35. The molecule has 1 atom stereocenters. The Morgan fingerprint density at radius 2 is 2.25 bits per heavy atom. The molecule has 1 N–H and O–H groups in total. The number of halogens is 2. The molecule has 0 saturated carbocycles. The van der Waals surface area contributed by atoms with Gasteiger partial charge in [0.15, 0.2) is 5.76 Å². The average Bonchev–Trinajstić information content (AvgIpc) is 2.05. The van der Waals surface area contributed by atoms with Crippen LogP contribution in [0.3, 0.4) is 0 Å². The van der Waals surface area contributed by atoms with E-state index in [9.17, 15) is 14.1 Å². The van der Waals surface area contributed by atoms with E-state index in [1.54, 1.807) is 0 Å². The van der Waals surface area contributed by atoms with Gasteiger partial charge in [-0.05, 0) is 5.18 Å². The predicted molar refractivity (Wildman–Crippen MR) is 38.2 cm³/mol. The molecule has 0 amide bonds. The van der Waals surface area contributed by atoms with Crippen LogP contribution < -0.4 is 0 Å². The van der Waals surface area contributed by atoms with Crippen molar-refractivity contribution in [2.24, 2.45) is 5.18 Å². The molecule has 0 aromatic rings. The maximum Gasteiger partial charge on any atom is 0.364 e. The normalized spacial score (nSPS) is 14.6. The lowest BCUT2D eigenvalue weighted by atomic mass is 10.4. The third kappa shape index (κ3) is 2.46. The van der Waals surface area contributed by atoms with Crippen molar-refractivity contribution in [3.8, 4) is 0 Å². The number of carbonyl (C=O) groups excluding carboxylic acids is 1. The summed E-state index contributed by atoms with van der Waals surface area (Å²) in [5, 5.41) is 10.7. The molecule has 7 heteroatoms. The molecule has 0 heterocycles. The van der Waals surface area contributed by atoms with Crippen LogP contribution in [0.15, 0.2) is 16.6 Å². The Morgan fingerprint density at radius 3 is 2.50 bits per heavy atom. The summed E-state index contributed by atoms with van der Waals surface area (Å²) in [5.41, 5.74) is -3.42. The van der Waals surface area contributed by atoms with Gasteiger partial charge in [-0.25, -0.2) is 9.18 Å². The van der Waals surface area contributed by atoms with E-state index >= 15 is 0 Å². The van der Waals surface area contributed by atoms with Crippen molar-refractivity contribution < 1.29 is 19.0 Å². The smallest absolute Gasteiger partial charge is 0.364 e. The molecular formula is C5H5ClFNO4. The van der Waals surface area contributed by atoms with Crippen LogP contribution in [0.4, 0.5) is 4.39 Å². The first kappa shape index (κ1) is 10.8. The van der Waals surface area contributed by atoms with E-state index in [0.717, 1.165) is 7.11 Å². The molecule has 0 aliphatic heterocycles. The molecule has 0 aliphatic carbocycles. The summed E-state index contributed by atoms with van der Waals surface area (Å²) >= 11 is 4.72. The Hall–Kier alpha value is -1.17. The zero-order valence-electron chi connectivity index (χ0n) is 5.95. The number of nitrogens with zero attached hydrogens (tertiary/aromatic N) is 1. The molecule has 0 bridgehead atoms. The van der Waals surface area contributed by atoms with Gasteiger partial charge >= 0.3 is 5.97 Å². The SMILES string of the molecule is COC(=O)/C(N=O)=C(/O)C(F)Cl. The van der Waals surface area contributed by atoms with Gasteiger partial charge in [-0.2, -0.15) is 0 Å². The lowest BCUT2D eigenvalue weighted by molar-refractivity contribution is -0.136. The van der Waals surface area contributed by atoms with E-state index in [1.165, 1.54) is 0 Å². The number of alkyl halides is 2. The van der Waals surface area contributed by atoms with Gasteiger partial charge in [0.05, 0.1) is 7.11 Å². The molecule has 0 aromatic heterocycles. The number of methoxy groups -OCH3 is 1. The standard InChI is InChI=1S/C5H5ClFNO4/c1-12-5(10)2(8-11)3(9)4(6)7/h4,9H,1H3/b3-2-. The highest BCUT2D eigenvalue weighted by Gasteiger charge is 2.22. The summed E-state index contributed by atoms with van der Waals surface area (Å²) in [5.74, 6) is -2.50. The van der Waals surface area contributed by atoms with Crippen LogP contribution in [0.25, 0.3) is 0 Å². The first-order valence-corrected chi connectivity index (χ1v) is 3.11. The summed E-state index contributed by atoms with van der Waals surface area (Å²) in [6.07, 6.45) is 0. The fraction of sp³-hybridized carbons (Fsp3) is 0.400. The third-order valence-electron chi connectivity index (χ3n) is 0.919. The van der Waals surface area contributed by atoms with Crippen LogP contribution >= 0.6 is 11.6 Å². The highest BCUT2D eigenvalue weighted by molar-refractivity contribution is 6.21. The molecule has 1 unspecified atom stereocenters. The number of ether oxygens (including phenoxy) is 1. The number of hydrogen-bond donors (Lipinski definition) is 1. The maximum absolute atomic E-state index is 12.1. The van der Waals surface area contributed by atoms with E-state index in [2.05, 4.69) is 9.91 Å². The highest BCUT2D eigenvalue weighted by Crippen LogP contribution is 2.14. The average molecular weight is 198 g/mol. The molecule has 0 spiro atoms. The summed E-state index contributed by atoms with van der Waals surface area (Å²) in [6.45, 7) is 0. The lowest BCUT2D eigenvalue weighted by Crippen LogP contribution is -2.09. The van der Waals surface area contributed by atoms with E-state index in [0.29, 0.717) is 0 Å². The molecular weight excluding hydrogens is 193 g/mol. The predicted octanol–water partition coefficient (Wildman–Crippen LogP) is 1.23. The number of nitroso groups, excluding NO2 is 1. The largest absolute Gasteiger partial charge is 0.506 e. The molecule has 12 heavy (non-hydrogen) atoms. The first-order valence-electron chi connectivity index (χ1n) is 2.67. The number of esters is 1. The molecule has 0 aliphatic rings. The first-order chi connectivity index (χ1) is 5.54. The number of allylic oxidation sites excluding steroid dienone is 1. The quantitative estimate of drug-likeness (QED) is 0.243. The van der Waals surface area contributed by atoms with Gasteiger partial charge in [0.25, 0.3) is 0 Å². The van der Waals surface area contributed by atoms with Crippen molar-refractivity contribution in [2.75, 3.05) is 7.11 Å². The second-order valence-corrected chi connectivity index (χ2v) is 2.00. The van der Waals surface area contributed by atoms with Gasteiger partial charge in [0.1, 0.15) is 0 Å². The zero-order chi connectivity index (χ0) is 9.72. The summed E-state index contributed by atoms with van der Waals surface area (Å²) in [7, 11) is 0.947. The second-order valence-electron chi connectivity index (χ2n) is 1.62. The van der Waals surface area contributed by atoms with E-state index < -0.39 is 23.1 Å². The topological polar surface area (TPSA) is 76.0 Å². The van der Waals surface area contributed by atoms with Crippen LogP contribution in [0.1, 0.15) is 0 Å². The van der Waals surface area contributed by atoms with E-state index in [1.807, 2.05) is 0 Å². The molecule has 0 aromatic carbocycles. The van der Waals surface area contributed by atoms with Gasteiger partial charge in [-0.3, -0.25) is 0 Å². The summed E-state index contributed by atoms with van der Waals surface area (Å²) < 4.78 is 16.1. The van der Waals surface area contributed by atoms with Crippen LogP contribution in [0.5, 0.6) is 0 Å². The fourth-order valence-electron chi connectivity index (χ4n) is 0.389. The van der Waals surface area contributed by atoms with Crippen LogP contribution in [-0.4, -0.2) is 23.8 Å².